The Hall–Kier alpha value is -1.95. The van der Waals surface area contributed by atoms with Gasteiger partial charge in [-0.3, -0.25) is 10.1 Å². The summed E-state index contributed by atoms with van der Waals surface area (Å²) in [5, 5.41) is 15.2. The molecule has 1 aromatic rings. The fourth-order valence-electron chi connectivity index (χ4n) is 5.84. The van der Waals surface area contributed by atoms with Crippen molar-refractivity contribution >= 4 is 11.7 Å². The summed E-state index contributed by atoms with van der Waals surface area (Å²) < 4.78 is 6.24. The number of non-ortho nitro benzene ring substituents is 1. The molecule has 1 fully saturated rings. The second kappa shape index (κ2) is 9.90. The van der Waals surface area contributed by atoms with E-state index in [9.17, 15) is 14.9 Å². The molecule has 1 aromatic carbocycles. The molecule has 0 aliphatic carbocycles. The van der Waals surface area contributed by atoms with Crippen molar-refractivity contribution in [2.75, 3.05) is 0 Å². The number of ether oxygens (including phenoxy) is 1. The minimum absolute atomic E-state index is 0.0956. The topological polar surface area (TPSA) is 81.5 Å². The lowest BCUT2D eigenvalue weighted by Gasteiger charge is -2.60. The first-order valence-corrected chi connectivity index (χ1v) is 11.5. The van der Waals surface area contributed by atoms with E-state index in [1.54, 1.807) is 6.07 Å². The van der Waals surface area contributed by atoms with Crippen LogP contribution in [-0.4, -0.2) is 28.1 Å². The van der Waals surface area contributed by atoms with Crippen LogP contribution in [0, 0.1) is 22.0 Å². The molecule has 168 valence electrons. The molecule has 0 amide bonds. The van der Waals surface area contributed by atoms with Crippen LogP contribution < -0.4 is 5.32 Å². The highest BCUT2D eigenvalue weighted by molar-refractivity contribution is 5.90. The van der Waals surface area contributed by atoms with E-state index in [1.807, 2.05) is 0 Å². The van der Waals surface area contributed by atoms with E-state index in [1.165, 1.54) is 18.2 Å². The van der Waals surface area contributed by atoms with Crippen LogP contribution in [0.4, 0.5) is 5.69 Å². The fourth-order valence-corrected chi connectivity index (χ4v) is 5.84. The zero-order valence-electron chi connectivity index (χ0n) is 19.4. The van der Waals surface area contributed by atoms with Crippen molar-refractivity contribution in [3.63, 3.8) is 0 Å². The number of rotatable bonds is 9. The third kappa shape index (κ3) is 4.25. The molecule has 1 N–H and O–H groups in total. The summed E-state index contributed by atoms with van der Waals surface area (Å²) >= 11 is 0. The minimum Gasteiger partial charge on any atom is -0.458 e. The Morgan fingerprint density at radius 2 is 1.50 bits per heavy atom. The molecule has 0 aromatic heterocycles. The molecular formula is C24H38N2O4. The van der Waals surface area contributed by atoms with Crippen molar-refractivity contribution in [2.45, 2.75) is 97.2 Å². The maximum absolute atomic E-state index is 13.1. The van der Waals surface area contributed by atoms with Gasteiger partial charge in [0, 0.05) is 35.0 Å². The number of carbonyl (C=O) groups excluding carboxylic acids is 1. The molecule has 0 radical (unpaired) electrons. The monoisotopic (exact) mass is 418 g/mol. The predicted octanol–water partition coefficient (Wildman–Crippen LogP) is 5.89. The smallest absolute Gasteiger partial charge is 0.338 e. The van der Waals surface area contributed by atoms with Gasteiger partial charge in [0.2, 0.25) is 0 Å². The summed E-state index contributed by atoms with van der Waals surface area (Å²) in [5.74, 6) is -0.0950. The molecule has 2 rings (SSSR count). The van der Waals surface area contributed by atoms with Crippen molar-refractivity contribution in [2.24, 2.45) is 11.8 Å². The van der Waals surface area contributed by atoms with Gasteiger partial charge in [0.15, 0.2) is 0 Å². The zero-order valence-corrected chi connectivity index (χ0v) is 19.4. The first-order valence-electron chi connectivity index (χ1n) is 11.5. The van der Waals surface area contributed by atoms with Crippen LogP contribution in [0.25, 0.3) is 0 Å². The molecule has 1 heterocycles. The van der Waals surface area contributed by atoms with Gasteiger partial charge in [-0.1, -0.05) is 47.6 Å². The number of carbonyl (C=O) groups is 1. The van der Waals surface area contributed by atoms with Gasteiger partial charge in [-0.25, -0.2) is 4.79 Å². The maximum atomic E-state index is 13.1. The summed E-state index contributed by atoms with van der Waals surface area (Å²) in [6, 6.07) is 5.84. The van der Waals surface area contributed by atoms with E-state index in [4.69, 9.17) is 4.74 Å². The van der Waals surface area contributed by atoms with Crippen molar-refractivity contribution in [1.29, 1.82) is 0 Å². The second-order valence-electron chi connectivity index (χ2n) is 8.56. The van der Waals surface area contributed by atoms with E-state index in [-0.39, 0.29) is 40.3 Å². The number of benzene rings is 1. The number of piperidine rings is 1. The molecule has 1 saturated heterocycles. The van der Waals surface area contributed by atoms with Crippen LogP contribution in [0.15, 0.2) is 24.3 Å². The van der Waals surface area contributed by atoms with E-state index in [0.717, 1.165) is 38.5 Å². The van der Waals surface area contributed by atoms with Crippen LogP contribution in [-0.2, 0) is 4.74 Å². The molecule has 1 aliphatic heterocycles. The number of nitrogens with one attached hydrogen (secondary N) is 1. The minimum atomic E-state index is -0.483. The number of nitro benzene ring substituents is 1. The standard InChI is InChI=1S/C24H38N2O4/c1-7-19-21(30-22(27)17-14-13-15-18(16-17)26(28)29)20(8-2)24(11-5,12-6)25-23(19,9-3)10-4/h13-16,19-21,25H,7-12H2,1-6H3. The number of esters is 1. The number of hydrogen-bond donors (Lipinski definition) is 1. The van der Waals surface area contributed by atoms with E-state index >= 15 is 0 Å². The number of nitro groups is 1. The molecule has 0 saturated carbocycles. The van der Waals surface area contributed by atoms with Crippen LogP contribution in [0.3, 0.4) is 0 Å². The lowest BCUT2D eigenvalue weighted by atomic mass is 9.59. The maximum Gasteiger partial charge on any atom is 0.338 e. The molecular weight excluding hydrogens is 380 g/mol. The Bertz CT molecular complexity index is 714. The SMILES string of the molecule is CCC1C(OC(=O)c2cccc([N+](=O)[O-])c2)C(CC)C(CC)(CC)NC1(CC)CC. The lowest BCUT2D eigenvalue weighted by molar-refractivity contribution is -0.384. The van der Waals surface area contributed by atoms with Crippen molar-refractivity contribution in [3.05, 3.63) is 39.9 Å². The lowest BCUT2D eigenvalue weighted by Crippen LogP contribution is -2.73. The van der Waals surface area contributed by atoms with Crippen molar-refractivity contribution < 1.29 is 14.5 Å². The largest absolute Gasteiger partial charge is 0.458 e. The van der Waals surface area contributed by atoms with Gasteiger partial charge < -0.3 is 10.1 Å². The summed E-state index contributed by atoms with van der Waals surface area (Å²) in [6.45, 7) is 13.2. The number of nitrogens with zero attached hydrogens (tertiary/aromatic N) is 1. The van der Waals surface area contributed by atoms with Crippen molar-refractivity contribution in [1.82, 2.24) is 5.32 Å². The van der Waals surface area contributed by atoms with Gasteiger partial charge in [-0.15, -0.1) is 0 Å². The Balaban J connectivity index is 2.50. The van der Waals surface area contributed by atoms with Gasteiger partial charge in [-0.2, -0.15) is 0 Å². The van der Waals surface area contributed by atoms with Crippen molar-refractivity contribution in [3.8, 4) is 0 Å². The van der Waals surface area contributed by atoms with Gasteiger partial charge in [0.05, 0.1) is 10.5 Å². The molecule has 1 aliphatic rings. The van der Waals surface area contributed by atoms with Crippen LogP contribution >= 0.6 is 0 Å². The zero-order chi connectivity index (χ0) is 22.5. The van der Waals surface area contributed by atoms with Crippen LogP contribution in [0.2, 0.25) is 0 Å². The highest BCUT2D eigenvalue weighted by atomic mass is 16.6. The van der Waals surface area contributed by atoms with Gasteiger partial charge in [0.25, 0.3) is 5.69 Å². The quantitative estimate of drug-likeness (QED) is 0.307. The van der Waals surface area contributed by atoms with E-state index < -0.39 is 10.9 Å². The average Bonchev–Trinajstić information content (AvgIpc) is 2.78. The van der Waals surface area contributed by atoms with Crippen LogP contribution in [0.5, 0.6) is 0 Å². The van der Waals surface area contributed by atoms with Gasteiger partial charge >= 0.3 is 5.97 Å². The Kier molecular flexibility index (Phi) is 8.03. The first kappa shape index (κ1) is 24.3. The molecule has 2 atom stereocenters. The normalized spacial score (nSPS) is 24.9. The molecule has 2 unspecified atom stereocenters. The van der Waals surface area contributed by atoms with Gasteiger partial charge in [-0.05, 0) is 44.6 Å². The molecule has 0 bridgehead atoms. The summed E-state index contributed by atoms with van der Waals surface area (Å²) in [5.41, 5.74) is -0.0495. The fraction of sp³-hybridized carbons (Fsp3) is 0.708. The molecule has 30 heavy (non-hydrogen) atoms. The predicted molar refractivity (Wildman–Crippen MR) is 120 cm³/mol. The summed E-state index contributed by atoms with van der Waals surface area (Å²) in [6.07, 6.45) is 5.43. The molecule has 0 spiro atoms. The highest BCUT2D eigenvalue weighted by Crippen LogP contribution is 2.48. The third-order valence-corrected chi connectivity index (χ3v) is 7.65. The average molecular weight is 419 g/mol. The van der Waals surface area contributed by atoms with Crippen LogP contribution in [0.1, 0.15) is 90.4 Å². The van der Waals surface area contributed by atoms with E-state index in [0.29, 0.717) is 0 Å². The Morgan fingerprint density at radius 3 is 1.90 bits per heavy atom. The highest BCUT2D eigenvalue weighted by Gasteiger charge is 2.56. The summed E-state index contributed by atoms with van der Waals surface area (Å²) in [4.78, 5) is 23.8. The molecule has 6 heteroatoms. The van der Waals surface area contributed by atoms with Gasteiger partial charge in [0.1, 0.15) is 6.10 Å². The first-order chi connectivity index (χ1) is 14.3. The molecule has 6 nitrogen and oxygen atoms in total. The summed E-state index contributed by atoms with van der Waals surface area (Å²) in [7, 11) is 0. The number of hydrogen-bond acceptors (Lipinski definition) is 5. The Morgan fingerprint density at radius 1 is 1.00 bits per heavy atom. The van der Waals surface area contributed by atoms with E-state index in [2.05, 4.69) is 46.9 Å². The third-order valence-electron chi connectivity index (χ3n) is 7.65. The Labute approximate surface area is 180 Å². The second-order valence-corrected chi connectivity index (χ2v) is 8.56.